The van der Waals surface area contributed by atoms with Crippen LogP contribution in [0.1, 0.15) is 11.1 Å². The van der Waals surface area contributed by atoms with Crippen molar-refractivity contribution in [2.75, 3.05) is 12.0 Å². The highest BCUT2D eigenvalue weighted by Gasteiger charge is 2.32. The predicted octanol–water partition coefficient (Wildman–Crippen LogP) is 2.24. The number of nitrogens with two attached hydrogens (primary N) is 1. The molecule has 29 heavy (non-hydrogen) atoms. The van der Waals surface area contributed by atoms with Crippen LogP contribution in [0.25, 0.3) is 10.9 Å². The minimum atomic E-state index is -4.01. The zero-order valence-corrected chi connectivity index (χ0v) is 16.9. The zero-order valence-electron chi connectivity index (χ0n) is 15.2. The molecule has 7 nitrogen and oxygen atoms in total. The number of hydrogen-bond acceptors (Lipinski definition) is 6. The summed E-state index contributed by atoms with van der Waals surface area (Å²) in [7, 11) is -1.85. The maximum Gasteiger partial charge on any atom is 0.238 e. The van der Waals surface area contributed by atoms with Gasteiger partial charge in [-0.15, -0.1) is 0 Å². The smallest absolute Gasteiger partial charge is 0.238 e. The Hall–Kier alpha value is -2.58. The summed E-state index contributed by atoms with van der Waals surface area (Å²) >= 11 is 0. The molecule has 2 N–H and O–H groups in total. The fraction of sp³-hybridized carbons (Fsp3) is 0.158. The molecular weight excluding hydrogens is 416 g/mol. The molecule has 0 aliphatic carbocycles. The van der Waals surface area contributed by atoms with Crippen LogP contribution < -0.4 is 20.1 Å². The summed E-state index contributed by atoms with van der Waals surface area (Å²) in [6, 6.07) is 7.98. The highest BCUT2D eigenvalue weighted by atomic mass is 32.2. The van der Waals surface area contributed by atoms with Gasteiger partial charge in [0.1, 0.15) is 11.6 Å². The molecule has 0 amide bonds. The van der Waals surface area contributed by atoms with E-state index in [0.29, 0.717) is 37.0 Å². The van der Waals surface area contributed by atoms with Crippen molar-refractivity contribution in [3.8, 4) is 5.75 Å². The van der Waals surface area contributed by atoms with Crippen LogP contribution in [0.4, 0.5) is 10.1 Å². The van der Waals surface area contributed by atoms with Crippen molar-refractivity contribution in [3.63, 3.8) is 0 Å². The van der Waals surface area contributed by atoms with Gasteiger partial charge in [-0.1, -0.05) is 6.07 Å². The lowest BCUT2D eigenvalue weighted by Crippen LogP contribution is -2.40. The second-order valence-electron chi connectivity index (χ2n) is 6.70. The quantitative estimate of drug-likeness (QED) is 0.626. The van der Waals surface area contributed by atoms with E-state index in [1.54, 1.807) is 13.3 Å². The molecule has 148 valence electrons. The molecular formula is C19H15FN3O4PS. The molecule has 0 spiro atoms. The van der Waals surface area contributed by atoms with Crippen LogP contribution in [0.5, 0.6) is 5.75 Å². The van der Waals surface area contributed by atoms with E-state index in [-0.39, 0.29) is 11.4 Å². The first kappa shape index (κ1) is 18.4. The number of aromatic nitrogens is 1. The fourth-order valence-electron chi connectivity index (χ4n) is 3.65. The van der Waals surface area contributed by atoms with E-state index in [4.69, 9.17) is 14.6 Å². The van der Waals surface area contributed by atoms with Gasteiger partial charge in [0.2, 0.25) is 10.0 Å². The molecule has 2 aliphatic rings. The largest absolute Gasteiger partial charge is 0.496 e. The third-order valence-corrected chi connectivity index (χ3v) is 7.08. The van der Waals surface area contributed by atoms with Gasteiger partial charge in [-0.2, -0.15) is 0 Å². The molecule has 3 aromatic rings. The number of methoxy groups -OCH3 is 1. The third kappa shape index (κ3) is 2.89. The Bertz CT molecular complexity index is 1330. The van der Waals surface area contributed by atoms with Gasteiger partial charge in [-0.05, 0) is 32.5 Å². The Morgan fingerprint density at radius 2 is 2.17 bits per heavy atom. The van der Waals surface area contributed by atoms with Crippen LogP contribution >= 0.6 is 8.20 Å². The monoisotopic (exact) mass is 431 g/mol. The molecule has 5 rings (SSSR count). The van der Waals surface area contributed by atoms with Crippen LogP contribution in [0, 0.1) is 5.82 Å². The molecule has 2 aromatic carbocycles. The average molecular weight is 431 g/mol. The number of fused-ring (bicyclic) bond motifs is 6. The number of sulfonamides is 1. The number of hydrogen-bond donors (Lipinski definition) is 1. The normalized spacial score (nSPS) is 16.0. The Kier molecular flexibility index (Phi) is 4.11. The van der Waals surface area contributed by atoms with Crippen molar-refractivity contribution in [1.82, 2.24) is 4.98 Å². The average Bonchev–Trinajstić information content (AvgIpc) is 2.70. The number of primary sulfonamides is 1. The van der Waals surface area contributed by atoms with Gasteiger partial charge < -0.3 is 14.4 Å². The number of halogens is 1. The third-order valence-electron chi connectivity index (χ3n) is 4.99. The van der Waals surface area contributed by atoms with E-state index >= 15 is 0 Å². The zero-order chi connectivity index (χ0) is 20.3. The standard InChI is InChI=1S/C19H15FN3O4PS/c1-26-15-4-2-3-14-17(15)18-10(7-22-14)9-27-19-23(18)8-12-13(20)5-11(29(21,24)25)6-16(12)28-19/h2-7H,8-9H2,1H3,(H2,21,24,25). The van der Waals surface area contributed by atoms with Crippen molar-refractivity contribution in [2.24, 2.45) is 5.14 Å². The summed E-state index contributed by atoms with van der Waals surface area (Å²) in [5.74, 6) is 0.0520. The van der Waals surface area contributed by atoms with Crippen LogP contribution in [-0.4, -0.2) is 26.1 Å². The van der Waals surface area contributed by atoms with Gasteiger partial charge in [-0.25, -0.2) is 17.9 Å². The first-order chi connectivity index (χ1) is 13.9. The molecule has 2 aliphatic heterocycles. The second kappa shape index (κ2) is 6.47. The van der Waals surface area contributed by atoms with Crippen LogP contribution in [0.15, 0.2) is 41.4 Å². The van der Waals surface area contributed by atoms with Gasteiger partial charge in [0.25, 0.3) is 0 Å². The molecule has 0 unspecified atom stereocenters. The molecule has 0 atom stereocenters. The molecule has 0 radical (unpaired) electrons. The van der Waals surface area contributed by atoms with E-state index < -0.39 is 15.8 Å². The van der Waals surface area contributed by atoms with Crippen LogP contribution in [-0.2, 0) is 27.9 Å². The molecule has 0 saturated carbocycles. The maximum absolute atomic E-state index is 14.8. The summed E-state index contributed by atoms with van der Waals surface area (Å²) in [4.78, 5) is 6.14. The number of nitrogens with zero attached hydrogens (tertiary/aromatic N) is 2. The van der Waals surface area contributed by atoms with E-state index in [0.717, 1.165) is 28.2 Å². The van der Waals surface area contributed by atoms with Crippen molar-refractivity contribution >= 4 is 45.7 Å². The summed E-state index contributed by atoms with van der Waals surface area (Å²) in [6.45, 7) is 0.500. The van der Waals surface area contributed by atoms with Crippen molar-refractivity contribution < 1.29 is 22.3 Å². The Morgan fingerprint density at radius 1 is 1.34 bits per heavy atom. The Labute approximate surface area is 167 Å². The summed E-state index contributed by atoms with van der Waals surface area (Å²) in [5, 5.41) is 6.53. The van der Waals surface area contributed by atoms with Gasteiger partial charge in [0.05, 0.1) is 41.7 Å². The highest BCUT2D eigenvalue weighted by molar-refractivity contribution is 7.89. The van der Waals surface area contributed by atoms with E-state index in [2.05, 4.69) is 4.98 Å². The lowest BCUT2D eigenvalue weighted by molar-refractivity contribution is 0.283. The molecule has 0 fully saturated rings. The first-order valence-electron chi connectivity index (χ1n) is 8.65. The van der Waals surface area contributed by atoms with Crippen LogP contribution in [0.2, 0.25) is 0 Å². The number of benzene rings is 2. The van der Waals surface area contributed by atoms with Gasteiger partial charge >= 0.3 is 0 Å². The maximum atomic E-state index is 14.8. The van der Waals surface area contributed by atoms with E-state index in [1.807, 2.05) is 23.1 Å². The minimum absolute atomic E-state index is 0.193. The molecule has 0 bridgehead atoms. The molecule has 3 heterocycles. The predicted molar refractivity (Wildman–Crippen MR) is 109 cm³/mol. The molecule has 0 saturated heterocycles. The number of pyridine rings is 1. The number of rotatable bonds is 2. The SMILES string of the molecule is COc1cccc2ncc3c(c12)N1Cc2c(F)cc(S(N)(=O)=O)cc2P=C1OC3. The van der Waals surface area contributed by atoms with Crippen molar-refractivity contribution in [1.29, 1.82) is 0 Å². The summed E-state index contributed by atoms with van der Waals surface area (Å²) < 4.78 is 49.6. The van der Waals surface area contributed by atoms with Crippen molar-refractivity contribution in [2.45, 2.75) is 18.0 Å². The fourth-order valence-corrected chi connectivity index (χ4v) is 5.43. The summed E-state index contributed by atoms with van der Waals surface area (Å²) in [5.41, 5.74) is 3.48. The second-order valence-corrected chi connectivity index (χ2v) is 9.35. The number of ether oxygens (including phenoxy) is 2. The Morgan fingerprint density at radius 3 is 2.93 bits per heavy atom. The minimum Gasteiger partial charge on any atom is -0.496 e. The first-order valence-corrected chi connectivity index (χ1v) is 11.1. The van der Waals surface area contributed by atoms with E-state index in [1.165, 1.54) is 6.07 Å². The van der Waals surface area contributed by atoms with Gasteiger partial charge in [0.15, 0.2) is 5.60 Å². The molecule has 1 aromatic heterocycles. The number of anilines is 1. The lowest BCUT2D eigenvalue weighted by atomic mass is 10.1. The van der Waals surface area contributed by atoms with Gasteiger partial charge in [0, 0.05) is 22.6 Å². The molecule has 10 heteroatoms. The van der Waals surface area contributed by atoms with E-state index in [9.17, 15) is 12.8 Å². The van der Waals surface area contributed by atoms with Crippen LogP contribution in [0.3, 0.4) is 0 Å². The van der Waals surface area contributed by atoms with Crippen molar-refractivity contribution in [3.05, 3.63) is 53.5 Å². The topological polar surface area (TPSA) is 94.7 Å². The summed E-state index contributed by atoms with van der Waals surface area (Å²) in [6.07, 6.45) is 1.75. The van der Waals surface area contributed by atoms with Gasteiger partial charge in [-0.3, -0.25) is 4.98 Å². The Balaban J connectivity index is 1.73. The lowest BCUT2D eigenvalue weighted by Gasteiger charge is -2.36. The highest BCUT2D eigenvalue weighted by Crippen LogP contribution is 2.41.